The number of pyridine rings is 1. The molecular formula is C23H18ClN3O4S. The highest BCUT2D eigenvalue weighted by Gasteiger charge is 2.44. The first kappa shape index (κ1) is 20.7. The van der Waals surface area contributed by atoms with Crippen LogP contribution < -0.4 is 4.31 Å². The molecule has 5 rings (SSSR count). The fraction of sp³-hybridized carbons (Fsp3) is 0.0870. The van der Waals surface area contributed by atoms with Gasteiger partial charge in [-0.1, -0.05) is 46.6 Å². The highest BCUT2D eigenvalue weighted by Crippen LogP contribution is 2.62. The summed E-state index contributed by atoms with van der Waals surface area (Å²) in [4.78, 5) is 31.6. The monoisotopic (exact) mass is 467 g/mol. The molecular weight excluding hydrogens is 450 g/mol. The van der Waals surface area contributed by atoms with E-state index in [-0.39, 0.29) is 9.92 Å². The van der Waals surface area contributed by atoms with Crippen molar-refractivity contribution in [1.82, 2.24) is 9.88 Å². The maximum absolute atomic E-state index is 13.1. The van der Waals surface area contributed by atoms with Crippen molar-refractivity contribution in [3.8, 4) is 0 Å². The number of hydrogen-bond acceptors (Lipinski definition) is 6. The summed E-state index contributed by atoms with van der Waals surface area (Å²) in [6.45, 7) is 1.68. The summed E-state index contributed by atoms with van der Waals surface area (Å²) < 4.78 is 24.1. The summed E-state index contributed by atoms with van der Waals surface area (Å²) in [7, 11) is -3.65. The van der Waals surface area contributed by atoms with E-state index in [2.05, 4.69) is 4.98 Å². The molecule has 0 saturated carbocycles. The highest BCUT2D eigenvalue weighted by molar-refractivity contribution is 8.25. The van der Waals surface area contributed by atoms with Crippen LogP contribution in [0.2, 0.25) is 5.02 Å². The predicted molar refractivity (Wildman–Crippen MR) is 124 cm³/mol. The van der Waals surface area contributed by atoms with Crippen molar-refractivity contribution >= 4 is 46.0 Å². The van der Waals surface area contributed by atoms with Gasteiger partial charge in [0, 0.05) is 11.8 Å². The number of nitrogens with zero attached hydrogens (tertiary/aromatic N) is 3. The zero-order valence-electron chi connectivity index (χ0n) is 16.8. The number of hydrogen-bond donors (Lipinski definition) is 2. The molecule has 0 spiro atoms. The lowest BCUT2D eigenvalue weighted by atomic mass is 10.1. The van der Waals surface area contributed by atoms with Crippen molar-refractivity contribution in [2.24, 2.45) is 0 Å². The SMILES string of the molecule is C[C@@H](C1=Cc2cccc(Cl)c2S(O)(O)N1c1cccnc1)N1C(=O)c2ccccc2C1=O. The normalized spacial score (nSPS) is 18.7. The van der Waals surface area contributed by atoms with Gasteiger partial charge < -0.3 is 0 Å². The summed E-state index contributed by atoms with van der Waals surface area (Å²) >= 11 is 6.35. The average Bonchev–Trinajstić information content (AvgIpc) is 3.03. The van der Waals surface area contributed by atoms with Gasteiger partial charge in [0.1, 0.15) is 4.90 Å². The quantitative estimate of drug-likeness (QED) is 0.507. The Morgan fingerprint density at radius 2 is 1.66 bits per heavy atom. The number of amides is 2. The number of benzene rings is 2. The van der Waals surface area contributed by atoms with E-state index in [9.17, 15) is 18.7 Å². The maximum Gasteiger partial charge on any atom is 0.262 e. The fourth-order valence-electron chi connectivity index (χ4n) is 4.14. The topological polar surface area (TPSA) is 94.0 Å². The van der Waals surface area contributed by atoms with Crippen LogP contribution in [0.15, 0.2) is 77.6 Å². The van der Waals surface area contributed by atoms with Crippen LogP contribution in [-0.2, 0) is 0 Å². The Bertz CT molecular complexity index is 1260. The third kappa shape index (κ3) is 2.96. The van der Waals surface area contributed by atoms with Crippen LogP contribution in [-0.4, -0.2) is 36.8 Å². The molecule has 0 radical (unpaired) electrons. The van der Waals surface area contributed by atoms with Gasteiger partial charge in [-0.25, -0.2) is 4.31 Å². The van der Waals surface area contributed by atoms with Crippen LogP contribution >= 0.6 is 22.4 Å². The Balaban J connectivity index is 1.69. The van der Waals surface area contributed by atoms with E-state index in [1.54, 1.807) is 73.8 Å². The summed E-state index contributed by atoms with van der Waals surface area (Å²) in [5.41, 5.74) is 1.92. The van der Waals surface area contributed by atoms with E-state index in [0.717, 1.165) is 4.90 Å². The number of aromatic nitrogens is 1. The van der Waals surface area contributed by atoms with Crippen LogP contribution in [0, 0.1) is 0 Å². The lowest BCUT2D eigenvalue weighted by molar-refractivity contribution is 0.0618. The summed E-state index contributed by atoms with van der Waals surface area (Å²) in [5, 5.41) is 0.208. The predicted octanol–water partition coefficient (Wildman–Crippen LogP) is 5.31. The zero-order valence-corrected chi connectivity index (χ0v) is 18.4. The van der Waals surface area contributed by atoms with Crippen LogP contribution in [0.25, 0.3) is 6.08 Å². The second-order valence-electron chi connectivity index (χ2n) is 7.45. The first-order valence-electron chi connectivity index (χ1n) is 9.78. The number of imide groups is 1. The Labute approximate surface area is 191 Å². The van der Waals surface area contributed by atoms with Crippen molar-refractivity contribution in [2.75, 3.05) is 4.31 Å². The van der Waals surface area contributed by atoms with Crippen molar-refractivity contribution in [3.05, 3.63) is 94.4 Å². The minimum absolute atomic E-state index is 0.184. The molecule has 7 nitrogen and oxygen atoms in total. The Morgan fingerprint density at radius 1 is 0.969 bits per heavy atom. The molecule has 2 N–H and O–H groups in total. The number of rotatable bonds is 3. The van der Waals surface area contributed by atoms with Gasteiger partial charge in [0.2, 0.25) is 0 Å². The van der Waals surface area contributed by atoms with Crippen LogP contribution in [0.1, 0.15) is 33.2 Å². The minimum Gasteiger partial charge on any atom is -0.277 e. The molecule has 2 aliphatic rings. The smallest absolute Gasteiger partial charge is 0.262 e. The molecule has 1 aromatic heterocycles. The molecule has 0 saturated heterocycles. The van der Waals surface area contributed by atoms with Gasteiger partial charge >= 0.3 is 0 Å². The van der Waals surface area contributed by atoms with Crippen LogP contribution in [0.4, 0.5) is 5.69 Å². The summed E-state index contributed by atoms with van der Waals surface area (Å²) in [6.07, 6.45) is 4.77. The molecule has 0 aliphatic carbocycles. The number of carbonyl (C=O) groups is 2. The molecule has 1 atom stereocenters. The number of halogens is 1. The summed E-state index contributed by atoms with van der Waals surface area (Å²) in [5.74, 6) is -0.864. The summed E-state index contributed by atoms with van der Waals surface area (Å²) in [6, 6.07) is 14.2. The molecule has 2 aliphatic heterocycles. The van der Waals surface area contributed by atoms with Gasteiger partial charge in [-0.3, -0.25) is 28.6 Å². The van der Waals surface area contributed by atoms with E-state index in [0.29, 0.717) is 28.1 Å². The van der Waals surface area contributed by atoms with E-state index in [1.807, 2.05) is 0 Å². The van der Waals surface area contributed by atoms with Crippen molar-refractivity contribution in [2.45, 2.75) is 17.9 Å². The molecule has 2 aromatic carbocycles. The Hall–Kier alpha value is -3.17. The Kier molecular flexibility index (Phi) is 4.83. The zero-order chi connectivity index (χ0) is 22.6. The molecule has 2 amide bonds. The molecule has 0 bridgehead atoms. The standard InChI is InChI=1S/C23H18ClN3O4S/c1-14(26-22(28)17-8-2-3-9-18(17)23(26)29)20-12-15-6-4-10-19(24)21(15)32(30,31)27(20)16-7-5-11-25-13-16/h2-14,30-31H,1H3/t14-/m0/s1. The van der Waals surface area contributed by atoms with Gasteiger partial charge in [-0.05, 0) is 43.3 Å². The first-order valence-corrected chi connectivity index (χ1v) is 11.7. The molecule has 0 unspecified atom stereocenters. The fourth-order valence-corrected chi connectivity index (χ4v) is 6.49. The van der Waals surface area contributed by atoms with Gasteiger partial charge in [-0.2, -0.15) is 0 Å². The Morgan fingerprint density at radius 3 is 2.28 bits per heavy atom. The largest absolute Gasteiger partial charge is 0.277 e. The number of carbonyl (C=O) groups excluding carboxylic acids is 2. The minimum atomic E-state index is -3.65. The molecule has 162 valence electrons. The van der Waals surface area contributed by atoms with E-state index >= 15 is 0 Å². The number of anilines is 1. The molecule has 32 heavy (non-hydrogen) atoms. The first-order chi connectivity index (χ1) is 15.3. The van der Waals surface area contributed by atoms with Crippen molar-refractivity contribution in [1.29, 1.82) is 0 Å². The van der Waals surface area contributed by atoms with E-state index in [4.69, 9.17) is 11.6 Å². The van der Waals surface area contributed by atoms with Crippen LogP contribution in [0.3, 0.4) is 0 Å². The van der Waals surface area contributed by atoms with E-state index in [1.165, 1.54) is 10.5 Å². The van der Waals surface area contributed by atoms with Gasteiger partial charge in [-0.15, -0.1) is 0 Å². The van der Waals surface area contributed by atoms with E-state index < -0.39 is 28.6 Å². The average molecular weight is 468 g/mol. The van der Waals surface area contributed by atoms with Gasteiger partial charge in [0.15, 0.2) is 0 Å². The maximum atomic E-state index is 13.1. The third-order valence-corrected chi connectivity index (χ3v) is 7.95. The molecule has 9 heteroatoms. The van der Waals surface area contributed by atoms with Crippen LogP contribution in [0.5, 0.6) is 0 Å². The molecule has 3 heterocycles. The lowest BCUT2D eigenvalue weighted by Crippen LogP contribution is -2.45. The highest BCUT2D eigenvalue weighted by atomic mass is 35.5. The number of fused-ring (bicyclic) bond motifs is 2. The lowest BCUT2D eigenvalue weighted by Gasteiger charge is -2.50. The second kappa shape index (κ2) is 7.46. The second-order valence-corrected chi connectivity index (χ2v) is 9.67. The molecule has 0 fully saturated rings. The third-order valence-electron chi connectivity index (χ3n) is 5.59. The van der Waals surface area contributed by atoms with Crippen molar-refractivity contribution in [3.63, 3.8) is 0 Å². The van der Waals surface area contributed by atoms with Gasteiger partial charge in [0.25, 0.3) is 11.8 Å². The van der Waals surface area contributed by atoms with Gasteiger partial charge in [0.05, 0.1) is 39.8 Å². The van der Waals surface area contributed by atoms with Crippen molar-refractivity contribution < 1.29 is 18.7 Å². The molecule has 3 aromatic rings.